The van der Waals surface area contributed by atoms with Gasteiger partial charge in [0.15, 0.2) is 0 Å². The lowest BCUT2D eigenvalue weighted by Gasteiger charge is -2.20. The lowest BCUT2D eigenvalue weighted by atomic mass is 9.93. The summed E-state index contributed by atoms with van der Waals surface area (Å²) in [5.74, 6) is -1.16. The van der Waals surface area contributed by atoms with Crippen molar-refractivity contribution in [2.45, 2.75) is 25.2 Å². The molecule has 1 aliphatic rings. The highest BCUT2D eigenvalue weighted by Crippen LogP contribution is 2.33. The molecule has 1 fully saturated rings. The Bertz CT molecular complexity index is 654. The molecule has 0 amide bonds. The number of hydrogen-bond donors (Lipinski definition) is 1. The number of nitrogens with zero attached hydrogens (tertiary/aromatic N) is 1. The molecule has 7 heteroatoms. The van der Waals surface area contributed by atoms with Crippen molar-refractivity contribution >= 4 is 31.9 Å². The molecule has 0 bridgehead atoms. The number of aromatic carboxylic acids is 1. The largest absolute Gasteiger partial charge is 0.478 e. The summed E-state index contributed by atoms with van der Waals surface area (Å²) in [5, 5.41) is 9.07. The van der Waals surface area contributed by atoms with Crippen molar-refractivity contribution in [3.8, 4) is 0 Å². The molecule has 0 aliphatic carbocycles. The molecular weight excluding hydrogens is 346 g/mol. The summed E-state index contributed by atoms with van der Waals surface area (Å²) < 4.78 is 26.8. The van der Waals surface area contributed by atoms with Crippen molar-refractivity contribution in [1.29, 1.82) is 0 Å². The van der Waals surface area contributed by atoms with Crippen molar-refractivity contribution in [2.75, 3.05) is 13.1 Å². The number of hydrogen-bond acceptors (Lipinski definition) is 3. The fourth-order valence-corrected chi connectivity index (χ4v) is 4.32. The van der Waals surface area contributed by atoms with Gasteiger partial charge in [-0.1, -0.05) is 13.8 Å². The van der Waals surface area contributed by atoms with E-state index in [0.717, 1.165) is 6.42 Å². The molecule has 1 aromatic rings. The molecule has 0 unspecified atom stereocenters. The third-order valence-corrected chi connectivity index (χ3v) is 5.98. The molecule has 2 rings (SSSR count). The van der Waals surface area contributed by atoms with Crippen LogP contribution in [0.25, 0.3) is 0 Å². The minimum absolute atomic E-state index is 0.0239. The Morgan fingerprint density at radius 1 is 1.40 bits per heavy atom. The van der Waals surface area contributed by atoms with E-state index in [1.165, 1.54) is 22.5 Å². The summed E-state index contributed by atoms with van der Waals surface area (Å²) in [5.41, 5.74) is -0.0949. The number of carboxylic acids is 1. The van der Waals surface area contributed by atoms with Crippen LogP contribution in [0, 0.1) is 5.41 Å². The summed E-state index contributed by atoms with van der Waals surface area (Å²) >= 11 is 3.11. The maximum absolute atomic E-state index is 12.5. The first-order chi connectivity index (χ1) is 9.13. The Balaban J connectivity index is 2.41. The van der Waals surface area contributed by atoms with E-state index in [4.69, 9.17) is 5.11 Å². The van der Waals surface area contributed by atoms with Crippen LogP contribution in [0.15, 0.2) is 27.6 Å². The van der Waals surface area contributed by atoms with E-state index < -0.39 is 16.0 Å². The third kappa shape index (κ3) is 2.89. The van der Waals surface area contributed by atoms with Crippen LogP contribution in [0.1, 0.15) is 30.6 Å². The van der Waals surface area contributed by atoms with Gasteiger partial charge in [-0.2, -0.15) is 4.31 Å². The second-order valence-electron chi connectivity index (χ2n) is 5.70. The van der Waals surface area contributed by atoms with Gasteiger partial charge in [-0.3, -0.25) is 0 Å². The van der Waals surface area contributed by atoms with Crippen LogP contribution in [0.3, 0.4) is 0 Å². The average Bonchev–Trinajstić information content (AvgIpc) is 2.70. The Hall–Kier alpha value is -0.920. The number of benzene rings is 1. The highest BCUT2D eigenvalue weighted by Gasteiger charge is 2.37. The first kappa shape index (κ1) is 15.5. The van der Waals surface area contributed by atoms with Gasteiger partial charge in [-0.05, 0) is 46.0 Å². The number of carboxylic acid groups (broad SMARTS) is 1. The first-order valence-electron chi connectivity index (χ1n) is 6.16. The minimum atomic E-state index is -3.63. The summed E-state index contributed by atoms with van der Waals surface area (Å²) in [6.07, 6.45) is 0.800. The predicted molar refractivity (Wildman–Crippen MR) is 78.3 cm³/mol. The predicted octanol–water partition coefficient (Wildman–Crippen LogP) is 2.57. The second kappa shape index (κ2) is 5.13. The third-order valence-electron chi connectivity index (χ3n) is 3.45. The van der Waals surface area contributed by atoms with Crippen LogP contribution in [0.5, 0.6) is 0 Å². The first-order valence-corrected chi connectivity index (χ1v) is 8.40. The Kier molecular flexibility index (Phi) is 3.96. The van der Waals surface area contributed by atoms with Gasteiger partial charge in [0.1, 0.15) is 0 Å². The summed E-state index contributed by atoms with van der Waals surface area (Å²) in [7, 11) is -3.63. The topological polar surface area (TPSA) is 74.7 Å². The van der Waals surface area contributed by atoms with E-state index in [1.54, 1.807) is 0 Å². The minimum Gasteiger partial charge on any atom is -0.478 e. The molecule has 20 heavy (non-hydrogen) atoms. The van der Waals surface area contributed by atoms with Gasteiger partial charge in [0.05, 0.1) is 10.5 Å². The molecule has 5 nitrogen and oxygen atoms in total. The van der Waals surface area contributed by atoms with Gasteiger partial charge in [0, 0.05) is 17.6 Å². The van der Waals surface area contributed by atoms with Gasteiger partial charge < -0.3 is 5.11 Å². The van der Waals surface area contributed by atoms with Crippen LogP contribution in [-0.2, 0) is 10.0 Å². The normalized spacial score (nSPS) is 19.1. The fraction of sp³-hybridized carbons (Fsp3) is 0.462. The Labute approximate surface area is 126 Å². The highest BCUT2D eigenvalue weighted by molar-refractivity contribution is 9.10. The van der Waals surface area contributed by atoms with E-state index in [1.807, 2.05) is 13.8 Å². The Morgan fingerprint density at radius 2 is 2.05 bits per heavy atom. The van der Waals surface area contributed by atoms with E-state index >= 15 is 0 Å². The van der Waals surface area contributed by atoms with Crippen LogP contribution >= 0.6 is 15.9 Å². The zero-order chi connectivity index (χ0) is 15.1. The van der Waals surface area contributed by atoms with Crippen molar-refractivity contribution in [2.24, 2.45) is 5.41 Å². The Morgan fingerprint density at radius 3 is 2.55 bits per heavy atom. The number of halogens is 1. The fourth-order valence-electron chi connectivity index (χ4n) is 2.25. The smallest absolute Gasteiger partial charge is 0.336 e. The molecule has 0 spiro atoms. The summed E-state index contributed by atoms with van der Waals surface area (Å²) in [6.45, 7) is 4.96. The van der Waals surface area contributed by atoms with Crippen molar-refractivity contribution in [3.63, 3.8) is 0 Å². The van der Waals surface area contributed by atoms with Crippen LogP contribution < -0.4 is 0 Å². The molecule has 0 aromatic heterocycles. The second-order valence-corrected chi connectivity index (χ2v) is 8.49. The molecular formula is C13H16BrNO4S. The van der Waals surface area contributed by atoms with Crippen LogP contribution in [0.4, 0.5) is 0 Å². The van der Waals surface area contributed by atoms with Gasteiger partial charge >= 0.3 is 5.97 Å². The van der Waals surface area contributed by atoms with Crippen molar-refractivity contribution in [1.82, 2.24) is 4.31 Å². The van der Waals surface area contributed by atoms with E-state index in [-0.39, 0.29) is 15.9 Å². The molecule has 0 atom stereocenters. The van der Waals surface area contributed by atoms with E-state index in [0.29, 0.717) is 17.6 Å². The van der Waals surface area contributed by atoms with Crippen LogP contribution in [0.2, 0.25) is 0 Å². The molecule has 1 heterocycles. The highest BCUT2D eigenvalue weighted by atomic mass is 79.9. The average molecular weight is 362 g/mol. The van der Waals surface area contributed by atoms with Crippen LogP contribution in [-0.4, -0.2) is 36.9 Å². The molecule has 1 aromatic carbocycles. The maximum Gasteiger partial charge on any atom is 0.336 e. The number of sulfonamides is 1. The van der Waals surface area contributed by atoms with E-state index in [9.17, 15) is 13.2 Å². The molecule has 1 saturated heterocycles. The molecule has 1 aliphatic heterocycles. The lowest BCUT2D eigenvalue weighted by Crippen LogP contribution is -2.30. The quantitative estimate of drug-likeness (QED) is 0.897. The molecule has 1 N–H and O–H groups in total. The lowest BCUT2D eigenvalue weighted by molar-refractivity contribution is 0.0695. The molecule has 0 saturated carbocycles. The summed E-state index contributed by atoms with van der Waals surface area (Å²) in [4.78, 5) is 11.1. The molecule has 0 radical (unpaired) electrons. The van der Waals surface area contributed by atoms with Gasteiger partial charge in [-0.25, -0.2) is 13.2 Å². The monoisotopic (exact) mass is 361 g/mol. The zero-order valence-corrected chi connectivity index (χ0v) is 13.7. The van der Waals surface area contributed by atoms with Crippen molar-refractivity contribution in [3.05, 3.63) is 28.2 Å². The van der Waals surface area contributed by atoms with Gasteiger partial charge in [-0.15, -0.1) is 0 Å². The van der Waals surface area contributed by atoms with Gasteiger partial charge in [0.2, 0.25) is 10.0 Å². The number of rotatable bonds is 3. The SMILES string of the molecule is CC1(C)CCN(S(=O)(=O)c2ccc(Br)c(C(=O)O)c2)C1. The number of carbonyl (C=O) groups is 1. The summed E-state index contributed by atoms with van der Waals surface area (Å²) in [6, 6.07) is 4.09. The standard InChI is InChI=1S/C13H16BrNO4S/c1-13(2)5-6-15(8-13)20(18,19)9-3-4-11(14)10(7-9)12(16)17/h3-4,7H,5-6,8H2,1-2H3,(H,16,17). The van der Waals surface area contributed by atoms with E-state index in [2.05, 4.69) is 15.9 Å². The molecule has 110 valence electrons. The zero-order valence-electron chi connectivity index (χ0n) is 11.3. The van der Waals surface area contributed by atoms with Crippen molar-refractivity contribution < 1.29 is 18.3 Å². The maximum atomic E-state index is 12.5. The van der Waals surface area contributed by atoms with Gasteiger partial charge in [0.25, 0.3) is 0 Å².